The standard InChI is InChI=1S/C18H17ClF2N2OS/c19-14-10-16(21)15(20)9-13(14)18(24)22-17-4-2-1-3-12(17)11-23-5-7-25-8-6-23/h1-4,9-10H,5-8,11H2,(H,22,24). The first-order valence-corrected chi connectivity index (χ1v) is 9.42. The Morgan fingerprint density at radius 3 is 2.60 bits per heavy atom. The van der Waals surface area contributed by atoms with Gasteiger partial charge in [-0.1, -0.05) is 29.8 Å². The number of benzene rings is 2. The Morgan fingerprint density at radius 1 is 1.16 bits per heavy atom. The van der Waals surface area contributed by atoms with Crippen molar-refractivity contribution in [1.82, 2.24) is 4.90 Å². The summed E-state index contributed by atoms with van der Waals surface area (Å²) in [6.07, 6.45) is 0. The zero-order valence-corrected chi connectivity index (χ0v) is 15.0. The van der Waals surface area contributed by atoms with E-state index in [1.54, 1.807) is 6.07 Å². The molecule has 3 nitrogen and oxygen atoms in total. The number of nitrogens with zero attached hydrogens (tertiary/aromatic N) is 1. The highest BCUT2D eigenvalue weighted by Crippen LogP contribution is 2.24. The lowest BCUT2D eigenvalue weighted by Crippen LogP contribution is -2.32. The fourth-order valence-corrected chi connectivity index (χ4v) is 3.88. The molecule has 0 radical (unpaired) electrons. The minimum atomic E-state index is -1.10. The number of rotatable bonds is 4. The molecule has 0 aliphatic carbocycles. The molecule has 0 unspecified atom stereocenters. The number of anilines is 1. The molecule has 1 amide bonds. The third kappa shape index (κ3) is 4.51. The van der Waals surface area contributed by atoms with Crippen LogP contribution in [0.15, 0.2) is 36.4 Å². The molecule has 0 aromatic heterocycles. The fraction of sp³-hybridized carbons (Fsp3) is 0.278. The van der Waals surface area contributed by atoms with E-state index >= 15 is 0 Å². The maximum absolute atomic E-state index is 13.4. The van der Waals surface area contributed by atoms with E-state index in [-0.39, 0.29) is 10.6 Å². The van der Waals surface area contributed by atoms with Crippen LogP contribution in [0, 0.1) is 11.6 Å². The minimum Gasteiger partial charge on any atom is -0.322 e. The van der Waals surface area contributed by atoms with Crippen LogP contribution < -0.4 is 5.32 Å². The molecule has 0 saturated carbocycles. The average molecular weight is 383 g/mol. The lowest BCUT2D eigenvalue weighted by Gasteiger charge is -2.27. The van der Waals surface area contributed by atoms with Gasteiger partial charge in [-0.05, 0) is 23.8 Å². The van der Waals surface area contributed by atoms with Crippen molar-refractivity contribution >= 4 is 35.0 Å². The van der Waals surface area contributed by atoms with Crippen molar-refractivity contribution in [2.24, 2.45) is 0 Å². The molecule has 25 heavy (non-hydrogen) atoms. The second-order valence-electron chi connectivity index (χ2n) is 5.75. The molecule has 0 atom stereocenters. The number of amides is 1. The van der Waals surface area contributed by atoms with Gasteiger partial charge in [0.15, 0.2) is 11.6 Å². The van der Waals surface area contributed by atoms with Gasteiger partial charge in [0.25, 0.3) is 5.91 Å². The van der Waals surface area contributed by atoms with Crippen molar-refractivity contribution in [3.63, 3.8) is 0 Å². The largest absolute Gasteiger partial charge is 0.322 e. The normalized spacial score (nSPS) is 15.2. The fourth-order valence-electron chi connectivity index (χ4n) is 2.67. The van der Waals surface area contributed by atoms with Crippen LogP contribution in [0.25, 0.3) is 0 Å². The Kier molecular flexibility index (Phi) is 5.93. The van der Waals surface area contributed by atoms with Gasteiger partial charge in [0, 0.05) is 36.8 Å². The van der Waals surface area contributed by atoms with E-state index in [1.165, 1.54) is 0 Å². The molecular weight excluding hydrogens is 366 g/mol. The van der Waals surface area contributed by atoms with Gasteiger partial charge in [0.05, 0.1) is 10.6 Å². The zero-order chi connectivity index (χ0) is 17.8. The summed E-state index contributed by atoms with van der Waals surface area (Å²) in [5.41, 5.74) is 1.53. The van der Waals surface area contributed by atoms with Gasteiger partial charge in [-0.25, -0.2) is 8.78 Å². The molecule has 2 aromatic carbocycles. The molecule has 1 heterocycles. The Labute approximate surface area is 154 Å². The van der Waals surface area contributed by atoms with Gasteiger partial charge < -0.3 is 5.32 Å². The highest BCUT2D eigenvalue weighted by molar-refractivity contribution is 7.99. The number of halogens is 3. The number of hydrogen-bond donors (Lipinski definition) is 1. The molecule has 3 rings (SSSR count). The van der Waals surface area contributed by atoms with Crippen molar-refractivity contribution in [2.45, 2.75) is 6.54 Å². The number of carbonyl (C=O) groups is 1. The molecule has 1 saturated heterocycles. The first-order chi connectivity index (χ1) is 12.0. The molecule has 1 aliphatic heterocycles. The maximum Gasteiger partial charge on any atom is 0.257 e. The van der Waals surface area contributed by atoms with Crippen molar-refractivity contribution < 1.29 is 13.6 Å². The van der Waals surface area contributed by atoms with E-state index in [9.17, 15) is 13.6 Å². The number of nitrogens with one attached hydrogen (secondary N) is 1. The summed E-state index contributed by atoms with van der Waals surface area (Å²) in [5, 5.41) is 2.64. The summed E-state index contributed by atoms with van der Waals surface area (Å²) >= 11 is 7.81. The van der Waals surface area contributed by atoms with Crippen LogP contribution in [0.3, 0.4) is 0 Å². The summed E-state index contributed by atoms with van der Waals surface area (Å²) < 4.78 is 26.6. The molecule has 0 spiro atoms. The average Bonchev–Trinajstić information content (AvgIpc) is 2.60. The van der Waals surface area contributed by atoms with E-state index in [1.807, 2.05) is 30.0 Å². The summed E-state index contributed by atoms with van der Waals surface area (Å²) in [4.78, 5) is 14.8. The Bertz CT molecular complexity index is 782. The number of hydrogen-bond acceptors (Lipinski definition) is 3. The number of carbonyl (C=O) groups excluding carboxylic acids is 1. The Morgan fingerprint density at radius 2 is 1.84 bits per heavy atom. The van der Waals surface area contributed by atoms with Crippen molar-refractivity contribution in [2.75, 3.05) is 29.9 Å². The summed E-state index contributed by atoms with van der Waals surface area (Å²) in [6.45, 7) is 2.73. The van der Waals surface area contributed by atoms with Gasteiger partial charge in [-0.3, -0.25) is 9.69 Å². The van der Waals surface area contributed by atoms with Gasteiger partial charge in [0.1, 0.15) is 0 Å². The van der Waals surface area contributed by atoms with Gasteiger partial charge in [-0.15, -0.1) is 0 Å². The predicted octanol–water partition coefficient (Wildman–Crippen LogP) is 4.42. The van der Waals surface area contributed by atoms with Crippen LogP contribution in [-0.2, 0) is 6.54 Å². The van der Waals surface area contributed by atoms with Gasteiger partial charge in [-0.2, -0.15) is 11.8 Å². The Hall–Kier alpha value is -1.63. The first kappa shape index (κ1) is 18.2. The topological polar surface area (TPSA) is 32.3 Å². The van der Waals surface area contributed by atoms with Crippen LogP contribution >= 0.6 is 23.4 Å². The van der Waals surface area contributed by atoms with E-state index < -0.39 is 17.5 Å². The summed E-state index contributed by atoms with van der Waals surface area (Å²) in [7, 11) is 0. The van der Waals surface area contributed by atoms with Crippen molar-refractivity contribution in [3.8, 4) is 0 Å². The van der Waals surface area contributed by atoms with Gasteiger partial charge >= 0.3 is 0 Å². The second kappa shape index (κ2) is 8.17. The third-order valence-corrected chi connectivity index (χ3v) is 5.27. The second-order valence-corrected chi connectivity index (χ2v) is 7.38. The maximum atomic E-state index is 13.4. The number of para-hydroxylation sites is 1. The van der Waals surface area contributed by atoms with E-state index in [4.69, 9.17) is 11.6 Å². The molecular formula is C18H17ClF2N2OS. The lowest BCUT2D eigenvalue weighted by atomic mass is 10.1. The molecule has 1 fully saturated rings. The molecule has 7 heteroatoms. The van der Waals surface area contributed by atoms with Crippen molar-refractivity contribution in [1.29, 1.82) is 0 Å². The SMILES string of the molecule is O=C(Nc1ccccc1CN1CCSCC1)c1cc(F)c(F)cc1Cl. The van der Waals surface area contributed by atoms with Crippen LogP contribution in [-0.4, -0.2) is 35.4 Å². The highest BCUT2D eigenvalue weighted by Gasteiger charge is 2.17. The minimum absolute atomic E-state index is 0.0928. The Balaban J connectivity index is 1.78. The smallest absolute Gasteiger partial charge is 0.257 e. The third-order valence-electron chi connectivity index (χ3n) is 4.02. The first-order valence-electron chi connectivity index (χ1n) is 7.88. The van der Waals surface area contributed by atoms with Gasteiger partial charge in [0.2, 0.25) is 0 Å². The van der Waals surface area contributed by atoms with E-state index in [0.717, 1.165) is 48.8 Å². The molecule has 132 valence electrons. The van der Waals surface area contributed by atoms with Crippen molar-refractivity contribution in [3.05, 3.63) is 64.2 Å². The summed E-state index contributed by atoms with van der Waals surface area (Å²) in [5.74, 6) is -0.554. The van der Waals surface area contributed by atoms with E-state index in [2.05, 4.69) is 10.2 Å². The molecule has 2 aromatic rings. The summed E-state index contributed by atoms with van der Waals surface area (Å²) in [6, 6.07) is 9.09. The quantitative estimate of drug-likeness (QED) is 0.794. The zero-order valence-electron chi connectivity index (χ0n) is 13.4. The van der Waals surface area contributed by atoms with Crippen LogP contribution in [0.2, 0.25) is 5.02 Å². The number of thioether (sulfide) groups is 1. The lowest BCUT2D eigenvalue weighted by molar-refractivity contribution is 0.102. The predicted molar refractivity (Wildman–Crippen MR) is 98.4 cm³/mol. The highest BCUT2D eigenvalue weighted by atomic mass is 35.5. The van der Waals surface area contributed by atoms with E-state index in [0.29, 0.717) is 5.69 Å². The molecule has 0 bridgehead atoms. The monoisotopic (exact) mass is 382 g/mol. The van der Waals surface area contributed by atoms with Crippen LogP contribution in [0.5, 0.6) is 0 Å². The van der Waals surface area contributed by atoms with Crippen LogP contribution in [0.4, 0.5) is 14.5 Å². The molecule has 1 aliphatic rings. The molecule has 1 N–H and O–H groups in total. The van der Waals surface area contributed by atoms with Crippen LogP contribution in [0.1, 0.15) is 15.9 Å².